The van der Waals surface area contributed by atoms with Crippen molar-refractivity contribution in [1.82, 2.24) is 15.0 Å². The quantitative estimate of drug-likeness (QED) is 0.229. The minimum atomic E-state index is -0.505. The van der Waals surface area contributed by atoms with E-state index in [4.69, 9.17) is 9.97 Å². The van der Waals surface area contributed by atoms with Crippen LogP contribution in [0.15, 0.2) is 115 Å². The van der Waals surface area contributed by atoms with E-state index < -0.39 is 5.41 Å². The van der Waals surface area contributed by atoms with Gasteiger partial charge in [0, 0.05) is 22.5 Å². The van der Waals surface area contributed by atoms with Gasteiger partial charge in [-0.2, -0.15) is 0 Å². The molecule has 0 amide bonds. The van der Waals surface area contributed by atoms with E-state index in [1.807, 2.05) is 13.8 Å². The van der Waals surface area contributed by atoms with Crippen LogP contribution in [0.25, 0.3) is 33.6 Å². The highest BCUT2D eigenvalue weighted by atomic mass is 14.9. The first kappa shape index (κ1) is 25.1. The Morgan fingerprint density at radius 1 is 0.488 bits per heavy atom. The van der Waals surface area contributed by atoms with Gasteiger partial charge in [0.25, 0.3) is 0 Å². The minimum absolute atomic E-state index is 0.505. The van der Waals surface area contributed by atoms with Crippen LogP contribution in [0.2, 0.25) is 0 Å². The average molecular weight is 530 g/mol. The van der Waals surface area contributed by atoms with E-state index in [9.17, 15) is 0 Å². The van der Waals surface area contributed by atoms with Crippen molar-refractivity contribution in [3.05, 3.63) is 160 Å². The smallest absolute Gasteiger partial charge is 0.126 e. The van der Waals surface area contributed by atoms with Crippen LogP contribution in [-0.4, -0.2) is 15.0 Å². The highest BCUT2D eigenvalue weighted by Gasteiger charge is 2.47. The van der Waals surface area contributed by atoms with Gasteiger partial charge in [0.1, 0.15) is 5.82 Å². The van der Waals surface area contributed by atoms with Gasteiger partial charge in [-0.15, -0.1) is 0 Å². The summed E-state index contributed by atoms with van der Waals surface area (Å²) in [6.45, 7) is 8.21. The highest BCUT2D eigenvalue weighted by molar-refractivity contribution is 5.95. The molecule has 0 spiro atoms. The molecule has 0 N–H and O–H groups in total. The predicted octanol–water partition coefficient (Wildman–Crippen LogP) is 8.80. The van der Waals surface area contributed by atoms with E-state index in [2.05, 4.69) is 134 Å². The molecule has 3 nitrogen and oxygen atoms in total. The third-order valence-corrected chi connectivity index (χ3v) is 8.21. The minimum Gasteiger partial charge on any atom is -0.253 e. The Hall–Kier alpha value is -4.89. The molecule has 2 heterocycles. The number of hydrogen-bond donors (Lipinski definition) is 0. The Morgan fingerprint density at radius 3 is 1.83 bits per heavy atom. The molecule has 4 aromatic carbocycles. The molecule has 1 aliphatic carbocycles. The SMILES string of the molecule is Cc1cc(C)nc(-c2cccc3c2-c2ccc(-c4cc(C)nc(C)n4)cc2C3(c2ccccc2)c2ccccc2)c1. The standard InChI is InChI=1S/C38H31N3/c1-24-20-25(2)40-36(21-24)32-16-11-17-33-37(32)31-19-18-28(35-22-26(3)39-27(4)41-35)23-34(31)38(33,29-12-7-5-8-13-29)30-14-9-6-10-15-30/h5-23H,1-4H3. The fourth-order valence-corrected chi connectivity index (χ4v) is 6.75. The van der Waals surface area contributed by atoms with Crippen LogP contribution in [-0.2, 0) is 5.41 Å². The molecule has 7 rings (SSSR count). The zero-order valence-electron chi connectivity index (χ0n) is 23.8. The molecule has 0 saturated heterocycles. The summed E-state index contributed by atoms with van der Waals surface area (Å²) in [6.07, 6.45) is 0. The maximum Gasteiger partial charge on any atom is 0.126 e. The van der Waals surface area contributed by atoms with E-state index in [1.54, 1.807) is 0 Å². The largest absolute Gasteiger partial charge is 0.253 e. The van der Waals surface area contributed by atoms with Crippen molar-refractivity contribution >= 4 is 0 Å². The fourth-order valence-electron chi connectivity index (χ4n) is 6.75. The zero-order chi connectivity index (χ0) is 28.1. The van der Waals surface area contributed by atoms with E-state index in [0.717, 1.165) is 39.7 Å². The average Bonchev–Trinajstić information content (AvgIpc) is 3.28. The monoisotopic (exact) mass is 529 g/mol. The second-order valence-electron chi connectivity index (χ2n) is 11.1. The zero-order valence-corrected chi connectivity index (χ0v) is 23.8. The third kappa shape index (κ3) is 4.00. The first-order valence-corrected chi connectivity index (χ1v) is 14.1. The van der Waals surface area contributed by atoms with Crippen LogP contribution in [0.1, 0.15) is 45.0 Å². The van der Waals surface area contributed by atoms with Crippen LogP contribution in [0.4, 0.5) is 0 Å². The lowest BCUT2D eigenvalue weighted by atomic mass is 9.67. The molecule has 0 fully saturated rings. The van der Waals surface area contributed by atoms with Gasteiger partial charge in [-0.25, -0.2) is 9.97 Å². The summed E-state index contributed by atoms with van der Waals surface area (Å²) < 4.78 is 0. The van der Waals surface area contributed by atoms with Gasteiger partial charge in [-0.1, -0.05) is 91.0 Å². The summed E-state index contributed by atoms with van der Waals surface area (Å²) in [6, 6.07) is 41.8. The van der Waals surface area contributed by atoms with E-state index in [1.165, 1.54) is 38.9 Å². The topological polar surface area (TPSA) is 38.7 Å². The predicted molar refractivity (Wildman–Crippen MR) is 167 cm³/mol. The van der Waals surface area contributed by atoms with Crippen LogP contribution in [0.3, 0.4) is 0 Å². The second kappa shape index (κ2) is 9.64. The number of aryl methyl sites for hydroxylation is 4. The molecule has 6 aromatic rings. The Kier molecular flexibility index (Phi) is 5.90. The Bertz CT molecular complexity index is 1840. The molecule has 0 atom stereocenters. The summed E-state index contributed by atoms with van der Waals surface area (Å²) in [7, 11) is 0. The summed E-state index contributed by atoms with van der Waals surface area (Å²) in [5, 5.41) is 0. The van der Waals surface area contributed by atoms with Crippen molar-refractivity contribution in [2.45, 2.75) is 33.1 Å². The van der Waals surface area contributed by atoms with Gasteiger partial charge in [0.2, 0.25) is 0 Å². The Labute approximate surface area is 241 Å². The highest BCUT2D eigenvalue weighted by Crippen LogP contribution is 2.58. The van der Waals surface area contributed by atoms with Crippen molar-refractivity contribution in [2.75, 3.05) is 0 Å². The number of benzene rings is 4. The van der Waals surface area contributed by atoms with E-state index in [-0.39, 0.29) is 0 Å². The molecule has 41 heavy (non-hydrogen) atoms. The van der Waals surface area contributed by atoms with E-state index >= 15 is 0 Å². The van der Waals surface area contributed by atoms with Crippen LogP contribution in [0.5, 0.6) is 0 Å². The summed E-state index contributed by atoms with van der Waals surface area (Å²) >= 11 is 0. The molecule has 0 aliphatic heterocycles. The van der Waals surface area contributed by atoms with Gasteiger partial charge in [0.05, 0.1) is 16.8 Å². The molecule has 0 bridgehead atoms. The number of hydrogen-bond acceptors (Lipinski definition) is 3. The molecule has 1 aliphatic rings. The third-order valence-electron chi connectivity index (χ3n) is 8.21. The number of rotatable bonds is 4. The van der Waals surface area contributed by atoms with Crippen LogP contribution < -0.4 is 0 Å². The maximum absolute atomic E-state index is 5.02. The van der Waals surface area contributed by atoms with Gasteiger partial charge in [0.15, 0.2) is 0 Å². The van der Waals surface area contributed by atoms with Gasteiger partial charge in [-0.3, -0.25) is 4.98 Å². The van der Waals surface area contributed by atoms with Crippen molar-refractivity contribution < 1.29 is 0 Å². The van der Waals surface area contributed by atoms with Crippen molar-refractivity contribution in [3.63, 3.8) is 0 Å². The summed E-state index contributed by atoms with van der Waals surface area (Å²) in [5.41, 5.74) is 14.4. The number of nitrogens with zero attached hydrogens (tertiary/aromatic N) is 3. The molecule has 198 valence electrons. The first-order chi connectivity index (χ1) is 19.9. The number of fused-ring (bicyclic) bond motifs is 3. The second-order valence-corrected chi connectivity index (χ2v) is 11.1. The molecule has 0 unspecified atom stereocenters. The molecular weight excluding hydrogens is 498 g/mol. The summed E-state index contributed by atoms with van der Waals surface area (Å²) in [5.74, 6) is 0.782. The normalized spacial score (nSPS) is 13.1. The Balaban J connectivity index is 1.62. The maximum atomic E-state index is 5.02. The van der Waals surface area contributed by atoms with Gasteiger partial charge >= 0.3 is 0 Å². The Morgan fingerprint density at radius 2 is 1.17 bits per heavy atom. The van der Waals surface area contributed by atoms with Crippen LogP contribution >= 0.6 is 0 Å². The molecule has 0 saturated carbocycles. The molecule has 2 aromatic heterocycles. The van der Waals surface area contributed by atoms with Gasteiger partial charge in [-0.05, 0) is 90.9 Å². The fraction of sp³-hybridized carbons (Fsp3) is 0.132. The lowest BCUT2D eigenvalue weighted by molar-refractivity contribution is 0.768. The lowest BCUT2D eigenvalue weighted by Crippen LogP contribution is -2.28. The lowest BCUT2D eigenvalue weighted by Gasteiger charge is -2.34. The number of pyridine rings is 1. The summed E-state index contributed by atoms with van der Waals surface area (Å²) in [4.78, 5) is 14.4. The molecule has 0 radical (unpaired) electrons. The first-order valence-electron chi connectivity index (χ1n) is 14.1. The van der Waals surface area contributed by atoms with Crippen molar-refractivity contribution in [1.29, 1.82) is 0 Å². The molecular formula is C38H31N3. The van der Waals surface area contributed by atoms with Crippen molar-refractivity contribution in [2.24, 2.45) is 0 Å². The van der Waals surface area contributed by atoms with Crippen molar-refractivity contribution in [3.8, 4) is 33.6 Å². The molecule has 3 heteroatoms. The number of aromatic nitrogens is 3. The van der Waals surface area contributed by atoms with Crippen LogP contribution in [0, 0.1) is 27.7 Å². The van der Waals surface area contributed by atoms with E-state index in [0.29, 0.717) is 0 Å². The van der Waals surface area contributed by atoms with Gasteiger partial charge < -0.3 is 0 Å².